The van der Waals surface area contributed by atoms with Gasteiger partial charge in [-0.25, -0.2) is 9.97 Å². The van der Waals surface area contributed by atoms with Gasteiger partial charge in [0.05, 0.1) is 0 Å². The first kappa shape index (κ1) is 10.3. The first-order valence-corrected chi connectivity index (χ1v) is 6.70. The van der Waals surface area contributed by atoms with Gasteiger partial charge in [-0.05, 0) is 52.1 Å². The molecule has 0 bridgehead atoms. The molecule has 0 aromatic carbocycles. The second-order valence-electron chi connectivity index (χ2n) is 2.55. The molecule has 0 amide bonds. The van der Waals surface area contributed by atoms with Gasteiger partial charge in [0, 0.05) is 34.4 Å². The Hall–Kier alpha value is 0.810. The number of hydrogen-bond donors (Lipinski definition) is 0. The van der Waals surface area contributed by atoms with Crippen LogP contribution < -0.4 is 0 Å². The Bertz CT molecular complexity index is 477. The number of rotatable bonds is 0. The third kappa shape index (κ3) is 1.80. The smallest absolute Gasteiger partial charge is 0.178 e. The summed E-state index contributed by atoms with van der Waals surface area (Å²) in [5.74, 6) is 0. The predicted octanol–water partition coefficient (Wildman–Crippen LogP) is 2.85. The second kappa shape index (κ2) is 3.76. The SMILES string of the molecule is Cc1cc2nc(I)c(I)n2c(I)n1. The molecule has 0 atom stereocenters. The number of halogens is 3. The summed E-state index contributed by atoms with van der Waals surface area (Å²) < 4.78 is 5.18. The second-order valence-corrected chi connectivity index (χ2v) is 5.56. The van der Waals surface area contributed by atoms with Crippen molar-refractivity contribution in [2.45, 2.75) is 6.92 Å². The molecule has 0 fully saturated rings. The molecule has 0 radical (unpaired) electrons. The van der Waals surface area contributed by atoms with Crippen molar-refractivity contribution in [1.29, 1.82) is 0 Å². The van der Waals surface area contributed by atoms with Gasteiger partial charge >= 0.3 is 0 Å². The Morgan fingerprint density at radius 3 is 2.62 bits per heavy atom. The van der Waals surface area contributed by atoms with Gasteiger partial charge in [0.15, 0.2) is 3.83 Å². The topological polar surface area (TPSA) is 30.2 Å². The van der Waals surface area contributed by atoms with Crippen LogP contribution in [0.5, 0.6) is 0 Å². The van der Waals surface area contributed by atoms with Gasteiger partial charge in [-0.15, -0.1) is 0 Å². The Kier molecular flexibility index (Phi) is 2.99. The summed E-state index contributed by atoms with van der Waals surface area (Å²) in [7, 11) is 0. The van der Waals surface area contributed by atoms with Crippen molar-refractivity contribution in [2.24, 2.45) is 0 Å². The first-order valence-electron chi connectivity index (χ1n) is 3.46. The fraction of sp³-hybridized carbons (Fsp3) is 0.143. The molecule has 68 valence electrons. The van der Waals surface area contributed by atoms with Crippen molar-refractivity contribution in [3.63, 3.8) is 0 Å². The Morgan fingerprint density at radius 1 is 1.23 bits per heavy atom. The summed E-state index contributed by atoms with van der Waals surface area (Å²) in [5, 5.41) is 0. The normalized spacial score (nSPS) is 11.1. The number of fused-ring (bicyclic) bond motifs is 1. The molecule has 6 heteroatoms. The molecule has 13 heavy (non-hydrogen) atoms. The quantitative estimate of drug-likeness (QED) is 0.403. The zero-order valence-electron chi connectivity index (χ0n) is 6.55. The summed E-state index contributed by atoms with van der Waals surface area (Å²) in [4.78, 5) is 8.81. The van der Waals surface area contributed by atoms with E-state index in [-0.39, 0.29) is 0 Å². The van der Waals surface area contributed by atoms with Crippen LogP contribution in [-0.2, 0) is 0 Å². The number of aryl methyl sites for hydroxylation is 1. The first-order chi connectivity index (χ1) is 6.09. The van der Waals surface area contributed by atoms with Crippen LogP contribution in [0.15, 0.2) is 6.07 Å². The molecule has 2 rings (SSSR count). The molecular weight excluding hydrogens is 507 g/mol. The van der Waals surface area contributed by atoms with E-state index >= 15 is 0 Å². The monoisotopic (exact) mass is 511 g/mol. The maximum atomic E-state index is 4.43. The van der Waals surface area contributed by atoms with E-state index in [2.05, 4.69) is 82.1 Å². The molecular formula is C7H4I3N3. The van der Waals surface area contributed by atoms with Gasteiger partial charge in [-0.1, -0.05) is 0 Å². The van der Waals surface area contributed by atoms with Gasteiger partial charge in [-0.2, -0.15) is 0 Å². The van der Waals surface area contributed by atoms with E-state index in [1.54, 1.807) is 0 Å². The van der Waals surface area contributed by atoms with Crippen LogP contribution in [0.3, 0.4) is 0 Å². The number of hydrogen-bond acceptors (Lipinski definition) is 2. The summed E-state index contributed by atoms with van der Waals surface area (Å²) >= 11 is 6.75. The van der Waals surface area contributed by atoms with Crippen molar-refractivity contribution < 1.29 is 0 Å². The van der Waals surface area contributed by atoms with Crippen LogP contribution in [-0.4, -0.2) is 14.4 Å². The highest BCUT2D eigenvalue weighted by atomic mass is 127. The van der Waals surface area contributed by atoms with Gasteiger partial charge < -0.3 is 0 Å². The van der Waals surface area contributed by atoms with Crippen molar-refractivity contribution in [3.05, 3.63) is 23.0 Å². The average molecular weight is 511 g/mol. The number of imidazole rings is 1. The third-order valence-electron chi connectivity index (χ3n) is 1.60. The number of aromatic nitrogens is 3. The lowest BCUT2D eigenvalue weighted by molar-refractivity contribution is 0.977. The highest BCUT2D eigenvalue weighted by molar-refractivity contribution is 14.1. The highest BCUT2D eigenvalue weighted by Crippen LogP contribution is 2.19. The molecule has 0 saturated carbocycles. The van der Waals surface area contributed by atoms with Crippen LogP contribution >= 0.6 is 67.8 Å². The Balaban J connectivity index is 2.94. The van der Waals surface area contributed by atoms with E-state index in [0.29, 0.717) is 0 Å². The highest BCUT2D eigenvalue weighted by Gasteiger charge is 2.10. The molecule has 0 spiro atoms. The zero-order valence-corrected chi connectivity index (χ0v) is 13.0. The zero-order chi connectivity index (χ0) is 9.59. The molecule has 0 N–H and O–H groups in total. The minimum Gasteiger partial charge on any atom is -0.265 e. The molecule has 2 aromatic rings. The Morgan fingerprint density at radius 2 is 1.92 bits per heavy atom. The lowest BCUT2D eigenvalue weighted by Gasteiger charge is -1.99. The van der Waals surface area contributed by atoms with Crippen molar-refractivity contribution >= 4 is 73.4 Å². The lowest BCUT2D eigenvalue weighted by Crippen LogP contribution is -1.98. The molecule has 2 aromatic heterocycles. The molecule has 0 aliphatic heterocycles. The van der Waals surface area contributed by atoms with Crippen LogP contribution in [0.1, 0.15) is 5.69 Å². The molecule has 2 heterocycles. The molecule has 0 aliphatic rings. The largest absolute Gasteiger partial charge is 0.265 e. The summed E-state index contributed by atoms with van der Waals surface area (Å²) in [6, 6.07) is 1.99. The lowest BCUT2D eigenvalue weighted by atomic mass is 10.4. The van der Waals surface area contributed by atoms with Crippen LogP contribution in [0.25, 0.3) is 5.65 Å². The van der Waals surface area contributed by atoms with Crippen molar-refractivity contribution in [3.8, 4) is 0 Å². The van der Waals surface area contributed by atoms with E-state index in [9.17, 15) is 0 Å². The van der Waals surface area contributed by atoms with E-state index in [0.717, 1.165) is 22.6 Å². The predicted molar refractivity (Wildman–Crippen MR) is 75.9 cm³/mol. The van der Waals surface area contributed by atoms with E-state index in [1.165, 1.54) is 0 Å². The van der Waals surface area contributed by atoms with Crippen LogP contribution in [0, 0.1) is 18.2 Å². The maximum absolute atomic E-state index is 4.43. The number of nitrogens with zero attached hydrogens (tertiary/aromatic N) is 3. The molecule has 0 unspecified atom stereocenters. The fourth-order valence-corrected chi connectivity index (χ4v) is 3.49. The maximum Gasteiger partial charge on any atom is 0.178 e. The molecule has 0 aliphatic carbocycles. The minimum absolute atomic E-state index is 0.965. The van der Waals surface area contributed by atoms with Crippen molar-refractivity contribution in [2.75, 3.05) is 0 Å². The van der Waals surface area contributed by atoms with Crippen molar-refractivity contribution in [1.82, 2.24) is 14.4 Å². The molecule has 3 nitrogen and oxygen atoms in total. The van der Waals surface area contributed by atoms with E-state index in [1.807, 2.05) is 13.0 Å². The summed E-state index contributed by atoms with van der Waals surface area (Å²) in [5.41, 5.74) is 1.99. The van der Waals surface area contributed by atoms with Gasteiger partial charge in [0.25, 0.3) is 0 Å². The van der Waals surface area contributed by atoms with E-state index < -0.39 is 0 Å². The van der Waals surface area contributed by atoms with E-state index in [4.69, 9.17) is 0 Å². The van der Waals surface area contributed by atoms with Crippen LogP contribution in [0.4, 0.5) is 0 Å². The average Bonchev–Trinajstić information content (AvgIpc) is 2.27. The summed E-state index contributed by atoms with van der Waals surface area (Å²) in [6.45, 7) is 1.98. The standard InChI is InChI=1S/C7H4I3N3/c1-3-2-4-12-5(8)6(9)13(4)7(10)11-3/h2H,1H3. The summed E-state index contributed by atoms with van der Waals surface area (Å²) in [6.07, 6.45) is 0. The third-order valence-corrected chi connectivity index (χ3v) is 5.10. The minimum atomic E-state index is 0.965. The van der Waals surface area contributed by atoms with Gasteiger partial charge in [0.2, 0.25) is 0 Å². The Labute approximate surface area is 116 Å². The molecule has 0 saturated heterocycles. The van der Waals surface area contributed by atoms with Gasteiger partial charge in [-0.3, -0.25) is 4.40 Å². The van der Waals surface area contributed by atoms with Crippen LogP contribution in [0.2, 0.25) is 0 Å². The van der Waals surface area contributed by atoms with Gasteiger partial charge in [0.1, 0.15) is 13.0 Å². The fourth-order valence-electron chi connectivity index (χ4n) is 1.08.